The summed E-state index contributed by atoms with van der Waals surface area (Å²) in [7, 11) is 1.85. The summed E-state index contributed by atoms with van der Waals surface area (Å²) in [4.78, 5) is 12.0. The molecule has 3 aromatic rings. The maximum absolute atomic E-state index is 12.0. The lowest BCUT2D eigenvalue weighted by Gasteiger charge is -2.06. The van der Waals surface area contributed by atoms with E-state index in [9.17, 15) is 4.79 Å². The second-order valence-electron chi connectivity index (χ2n) is 5.39. The molecule has 24 heavy (non-hydrogen) atoms. The monoisotopic (exact) mass is 342 g/mol. The number of carbonyl (C=O) groups excluding carboxylic acids is 1. The van der Waals surface area contributed by atoms with E-state index in [0.29, 0.717) is 23.3 Å². The summed E-state index contributed by atoms with van der Waals surface area (Å²) in [5.74, 6) is 1.54. The van der Waals surface area contributed by atoms with Crippen LogP contribution in [-0.2, 0) is 18.4 Å². The zero-order valence-electron chi connectivity index (χ0n) is 13.5. The van der Waals surface area contributed by atoms with E-state index in [1.807, 2.05) is 48.9 Å². The van der Waals surface area contributed by atoms with Gasteiger partial charge in [-0.05, 0) is 24.6 Å². The number of furan rings is 1. The Balaban J connectivity index is 1.52. The van der Waals surface area contributed by atoms with E-state index < -0.39 is 0 Å². The average Bonchev–Trinajstić information content (AvgIpc) is 3.22. The molecular formula is C17H18N4O2S. The van der Waals surface area contributed by atoms with Crippen LogP contribution >= 0.6 is 11.8 Å². The number of thioether (sulfide) groups is 1. The summed E-state index contributed by atoms with van der Waals surface area (Å²) in [6.45, 7) is 2.56. The fourth-order valence-corrected chi connectivity index (χ4v) is 2.89. The smallest absolute Gasteiger partial charge is 0.230 e. The highest BCUT2D eigenvalue weighted by atomic mass is 32.2. The first kappa shape index (κ1) is 16.3. The Labute approximate surface area is 144 Å². The predicted molar refractivity (Wildman–Crippen MR) is 92.5 cm³/mol. The minimum Gasteiger partial charge on any atom is -0.461 e. The first-order valence-electron chi connectivity index (χ1n) is 7.52. The van der Waals surface area contributed by atoms with Gasteiger partial charge in [-0.2, -0.15) is 0 Å². The summed E-state index contributed by atoms with van der Waals surface area (Å²) in [6, 6.07) is 11.7. The fraction of sp³-hybridized carbons (Fsp3) is 0.235. The minimum absolute atomic E-state index is 0.0388. The van der Waals surface area contributed by atoms with Crippen molar-refractivity contribution in [1.29, 1.82) is 0 Å². The lowest BCUT2D eigenvalue weighted by Crippen LogP contribution is -2.24. The van der Waals surface area contributed by atoms with Crippen molar-refractivity contribution in [3.63, 3.8) is 0 Å². The molecule has 0 aliphatic carbocycles. The second kappa shape index (κ2) is 7.35. The number of aryl methyl sites for hydroxylation is 1. The van der Waals surface area contributed by atoms with Crippen molar-refractivity contribution < 1.29 is 9.21 Å². The molecule has 7 heteroatoms. The van der Waals surface area contributed by atoms with E-state index >= 15 is 0 Å². The molecule has 1 amide bonds. The summed E-state index contributed by atoms with van der Waals surface area (Å²) in [6.07, 6.45) is 1.59. The van der Waals surface area contributed by atoms with E-state index in [2.05, 4.69) is 15.5 Å². The van der Waals surface area contributed by atoms with Crippen molar-refractivity contribution in [3.8, 4) is 11.6 Å². The van der Waals surface area contributed by atoms with Crippen molar-refractivity contribution in [3.05, 3.63) is 53.8 Å². The zero-order chi connectivity index (χ0) is 16.9. The van der Waals surface area contributed by atoms with Crippen molar-refractivity contribution in [2.24, 2.45) is 7.05 Å². The Hall–Kier alpha value is -2.54. The third kappa shape index (κ3) is 3.86. The molecular weight excluding hydrogens is 324 g/mol. The molecule has 0 atom stereocenters. The van der Waals surface area contributed by atoms with Gasteiger partial charge in [-0.15, -0.1) is 10.2 Å². The highest BCUT2D eigenvalue weighted by molar-refractivity contribution is 7.99. The summed E-state index contributed by atoms with van der Waals surface area (Å²) < 4.78 is 7.14. The highest BCUT2D eigenvalue weighted by Gasteiger charge is 2.14. The van der Waals surface area contributed by atoms with Crippen molar-refractivity contribution in [2.75, 3.05) is 5.75 Å². The van der Waals surface area contributed by atoms with Gasteiger partial charge in [-0.1, -0.05) is 41.6 Å². The number of nitrogens with one attached hydrogen (secondary N) is 1. The van der Waals surface area contributed by atoms with Gasteiger partial charge in [0.25, 0.3) is 0 Å². The number of rotatable bonds is 6. The summed E-state index contributed by atoms with van der Waals surface area (Å²) in [5.41, 5.74) is 2.29. The van der Waals surface area contributed by atoms with Crippen LogP contribution in [0.4, 0.5) is 0 Å². The maximum atomic E-state index is 12.0. The van der Waals surface area contributed by atoms with Gasteiger partial charge in [0, 0.05) is 13.6 Å². The first-order valence-corrected chi connectivity index (χ1v) is 8.50. The van der Waals surface area contributed by atoms with Gasteiger partial charge < -0.3 is 14.3 Å². The molecule has 0 radical (unpaired) electrons. The molecule has 0 saturated carbocycles. The van der Waals surface area contributed by atoms with E-state index in [-0.39, 0.29) is 11.7 Å². The zero-order valence-corrected chi connectivity index (χ0v) is 14.3. The van der Waals surface area contributed by atoms with Crippen LogP contribution in [0.5, 0.6) is 0 Å². The van der Waals surface area contributed by atoms with E-state index in [1.54, 1.807) is 12.3 Å². The normalized spacial score (nSPS) is 10.8. The van der Waals surface area contributed by atoms with Gasteiger partial charge >= 0.3 is 0 Å². The second-order valence-corrected chi connectivity index (χ2v) is 6.34. The van der Waals surface area contributed by atoms with Crippen LogP contribution in [0.25, 0.3) is 11.6 Å². The fourth-order valence-electron chi connectivity index (χ4n) is 2.15. The van der Waals surface area contributed by atoms with Crippen LogP contribution in [0.1, 0.15) is 11.1 Å². The molecule has 0 aliphatic rings. The Morgan fingerprint density at radius 3 is 2.75 bits per heavy atom. The molecule has 0 spiro atoms. The molecule has 3 rings (SSSR count). The molecule has 0 saturated heterocycles. The topological polar surface area (TPSA) is 73.0 Å². The number of carbonyl (C=O) groups is 1. The van der Waals surface area contributed by atoms with E-state index in [1.165, 1.54) is 17.3 Å². The quantitative estimate of drug-likeness (QED) is 0.697. The third-order valence-electron chi connectivity index (χ3n) is 3.52. The maximum Gasteiger partial charge on any atom is 0.230 e. The van der Waals surface area contributed by atoms with Crippen LogP contribution in [0, 0.1) is 6.92 Å². The van der Waals surface area contributed by atoms with E-state index in [4.69, 9.17) is 4.42 Å². The lowest BCUT2D eigenvalue weighted by atomic mass is 10.1. The number of hydrogen-bond donors (Lipinski definition) is 1. The summed E-state index contributed by atoms with van der Waals surface area (Å²) >= 11 is 1.35. The molecule has 1 aromatic carbocycles. The molecule has 0 fully saturated rings. The largest absolute Gasteiger partial charge is 0.461 e. The highest BCUT2D eigenvalue weighted by Crippen LogP contribution is 2.22. The van der Waals surface area contributed by atoms with Gasteiger partial charge in [0.2, 0.25) is 5.91 Å². The SMILES string of the molecule is Cc1ccc(CNC(=O)CSc2nnc(-c3ccco3)n2C)cc1. The molecule has 1 N–H and O–H groups in total. The molecule has 0 aliphatic heterocycles. The van der Waals surface area contributed by atoms with Crippen LogP contribution in [0.2, 0.25) is 0 Å². The number of hydrogen-bond acceptors (Lipinski definition) is 5. The predicted octanol–water partition coefficient (Wildman–Crippen LogP) is 2.79. The molecule has 2 heterocycles. The number of benzene rings is 1. The Morgan fingerprint density at radius 2 is 2.04 bits per heavy atom. The van der Waals surface area contributed by atoms with Crippen molar-refractivity contribution >= 4 is 17.7 Å². The Morgan fingerprint density at radius 1 is 1.25 bits per heavy atom. The van der Waals surface area contributed by atoms with E-state index in [0.717, 1.165) is 5.56 Å². The third-order valence-corrected chi connectivity index (χ3v) is 4.54. The van der Waals surface area contributed by atoms with Crippen LogP contribution in [0.3, 0.4) is 0 Å². The Bertz CT molecular complexity index is 810. The first-order chi connectivity index (χ1) is 11.6. The van der Waals surface area contributed by atoms with Gasteiger partial charge in [-0.3, -0.25) is 4.79 Å². The lowest BCUT2D eigenvalue weighted by molar-refractivity contribution is -0.118. The van der Waals surface area contributed by atoms with Gasteiger partial charge in [0.15, 0.2) is 16.7 Å². The standard InChI is InChI=1S/C17H18N4O2S/c1-12-5-7-13(8-6-12)10-18-15(22)11-24-17-20-19-16(21(17)2)14-4-3-9-23-14/h3-9H,10-11H2,1-2H3,(H,18,22). The number of nitrogens with zero attached hydrogens (tertiary/aromatic N) is 3. The van der Waals surface area contributed by atoms with Crippen molar-refractivity contribution in [1.82, 2.24) is 20.1 Å². The number of aromatic nitrogens is 3. The summed E-state index contributed by atoms with van der Waals surface area (Å²) in [5, 5.41) is 11.8. The average molecular weight is 342 g/mol. The molecule has 0 bridgehead atoms. The molecule has 2 aromatic heterocycles. The van der Waals surface area contributed by atoms with Crippen molar-refractivity contribution in [2.45, 2.75) is 18.6 Å². The molecule has 6 nitrogen and oxygen atoms in total. The molecule has 124 valence electrons. The Kier molecular flexibility index (Phi) is 5.00. The van der Waals surface area contributed by atoms with Gasteiger partial charge in [0.05, 0.1) is 12.0 Å². The van der Waals surface area contributed by atoms with Crippen LogP contribution in [-0.4, -0.2) is 26.4 Å². The minimum atomic E-state index is -0.0388. The van der Waals surface area contributed by atoms with Crippen LogP contribution in [0.15, 0.2) is 52.2 Å². The van der Waals surface area contributed by atoms with Gasteiger partial charge in [0.1, 0.15) is 0 Å². The van der Waals surface area contributed by atoms with Gasteiger partial charge in [-0.25, -0.2) is 0 Å². The van der Waals surface area contributed by atoms with Crippen LogP contribution < -0.4 is 5.32 Å². The molecule has 0 unspecified atom stereocenters. The number of amides is 1.